The Morgan fingerprint density at radius 1 is 1.62 bits per heavy atom. The summed E-state index contributed by atoms with van der Waals surface area (Å²) in [6, 6.07) is 0. The third-order valence-electron chi connectivity index (χ3n) is 1.19. The van der Waals surface area contributed by atoms with E-state index in [0.29, 0.717) is 6.23 Å². The minimum atomic E-state index is 0.386. The van der Waals surface area contributed by atoms with E-state index in [-0.39, 0.29) is 0 Å². The lowest BCUT2D eigenvalue weighted by molar-refractivity contribution is 0.182. The van der Waals surface area contributed by atoms with Crippen LogP contribution in [0.15, 0.2) is 0 Å². The molecule has 48 valence electrons. The summed E-state index contributed by atoms with van der Waals surface area (Å²) in [6.45, 7) is 7.51. The van der Waals surface area contributed by atoms with Crippen molar-refractivity contribution >= 4 is 0 Å². The highest BCUT2D eigenvalue weighted by Gasteiger charge is 2.30. The van der Waals surface area contributed by atoms with Crippen molar-refractivity contribution in [2.45, 2.75) is 27.0 Å². The van der Waals surface area contributed by atoms with Crippen LogP contribution in [0.3, 0.4) is 0 Å². The normalized spacial score (nSPS) is 36.0. The molecular weight excluding hydrogens is 102 g/mol. The van der Waals surface area contributed by atoms with Gasteiger partial charge < -0.3 is 0 Å². The largest absolute Gasteiger partial charge is 0.275 e. The fourth-order valence-electron chi connectivity index (χ4n) is 0.720. The fourth-order valence-corrected chi connectivity index (χ4v) is 0.720. The topological polar surface area (TPSA) is 15.5 Å². The van der Waals surface area contributed by atoms with Gasteiger partial charge >= 0.3 is 0 Å². The van der Waals surface area contributed by atoms with Crippen LogP contribution >= 0.6 is 0 Å². The van der Waals surface area contributed by atoms with Crippen molar-refractivity contribution in [3.8, 4) is 0 Å². The van der Waals surface area contributed by atoms with Gasteiger partial charge in [-0.05, 0) is 12.8 Å². The van der Waals surface area contributed by atoms with Gasteiger partial charge in [0.1, 0.15) is 0 Å². The molecule has 2 atom stereocenters. The molecular formula is C6H13NO. The van der Waals surface area contributed by atoms with E-state index < -0.39 is 0 Å². The Labute approximate surface area is 50.4 Å². The third-order valence-corrected chi connectivity index (χ3v) is 1.19. The molecule has 8 heavy (non-hydrogen) atoms. The summed E-state index contributed by atoms with van der Waals surface area (Å²) in [7, 11) is 0. The van der Waals surface area contributed by atoms with E-state index in [1.807, 2.05) is 5.06 Å². The molecule has 2 heteroatoms. The Hall–Kier alpha value is -0.0800. The number of nitrogens with zero attached hydrogens (tertiary/aromatic N) is 1. The first kappa shape index (κ1) is 6.05. The number of hydrogen-bond donors (Lipinski definition) is 0. The predicted molar refractivity (Wildman–Crippen MR) is 32.1 cm³/mol. The minimum Gasteiger partial charge on any atom is -0.275 e. The molecule has 0 radical (unpaired) electrons. The zero-order valence-electron chi connectivity index (χ0n) is 5.72. The summed E-state index contributed by atoms with van der Waals surface area (Å²) in [5.74, 6) is 0.722. The first-order valence-electron chi connectivity index (χ1n) is 3.13. The maximum absolute atomic E-state index is 5.06. The molecule has 0 aromatic heterocycles. The summed E-state index contributed by atoms with van der Waals surface area (Å²) >= 11 is 0. The second-order valence-corrected chi connectivity index (χ2v) is 2.70. The highest BCUT2D eigenvalue weighted by Crippen LogP contribution is 2.19. The summed E-state index contributed by atoms with van der Waals surface area (Å²) in [4.78, 5) is 5.06. The summed E-state index contributed by atoms with van der Waals surface area (Å²) < 4.78 is 0. The molecule has 1 fully saturated rings. The Morgan fingerprint density at radius 2 is 2.12 bits per heavy atom. The third kappa shape index (κ3) is 1.46. The van der Waals surface area contributed by atoms with Gasteiger partial charge in [-0.2, -0.15) is 5.06 Å². The van der Waals surface area contributed by atoms with E-state index >= 15 is 0 Å². The minimum absolute atomic E-state index is 0.386. The Bertz CT molecular complexity index is 82.6. The first-order valence-corrected chi connectivity index (χ1v) is 3.13. The molecule has 0 bridgehead atoms. The molecule has 1 heterocycles. The predicted octanol–water partition coefficient (Wildman–Crippen LogP) is 1.24. The van der Waals surface area contributed by atoms with Crippen molar-refractivity contribution in [2.24, 2.45) is 5.92 Å². The van der Waals surface area contributed by atoms with E-state index in [0.717, 1.165) is 12.5 Å². The van der Waals surface area contributed by atoms with Crippen molar-refractivity contribution in [1.29, 1.82) is 0 Å². The van der Waals surface area contributed by atoms with Gasteiger partial charge in [0.15, 0.2) is 6.23 Å². The van der Waals surface area contributed by atoms with Gasteiger partial charge in [-0.1, -0.05) is 13.8 Å². The number of hydroxylamine groups is 2. The van der Waals surface area contributed by atoms with E-state index in [1.54, 1.807) is 0 Å². The molecule has 0 aliphatic carbocycles. The molecule has 1 rings (SSSR count). The van der Waals surface area contributed by atoms with Crippen molar-refractivity contribution in [3.05, 3.63) is 0 Å². The van der Waals surface area contributed by atoms with Crippen molar-refractivity contribution in [1.82, 2.24) is 5.06 Å². The smallest absolute Gasteiger partial charge is 0.151 e. The maximum Gasteiger partial charge on any atom is 0.151 e. The average molecular weight is 115 g/mol. The molecule has 2 unspecified atom stereocenters. The van der Waals surface area contributed by atoms with Crippen LogP contribution in [0.1, 0.15) is 20.8 Å². The Morgan fingerprint density at radius 3 is 2.25 bits per heavy atom. The van der Waals surface area contributed by atoms with Gasteiger partial charge in [0.05, 0.1) is 0 Å². The van der Waals surface area contributed by atoms with Crippen LogP contribution < -0.4 is 0 Å². The van der Waals surface area contributed by atoms with Crippen LogP contribution in [0, 0.1) is 5.92 Å². The summed E-state index contributed by atoms with van der Waals surface area (Å²) in [5.41, 5.74) is 0. The lowest BCUT2D eigenvalue weighted by atomic mass is 10.2. The molecule has 0 saturated carbocycles. The van der Waals surface area contributed by atoms with Gasteiger partial charge in [0, 0.05) is 6.54 Å². The van der Waals surface area contributed by atoms with Crippen LogP contribution in [0.2, 0.25) is 0 Å². The lowest BCUT2D eigenvalue weighted by Gasteiger charge is -1.99. The highest BCUT2D eigenvalue weighted by atomic mass is 16.8. The number of rotatable bonds is 2. The zero-order chi connectivity index (χ0) is 6.15. The molecule has 0 spiro atoms. The van der Waals surface area contributed by atoms with Crippen molar-refractivity contribution < 1.29 is 4.84 Å². The molecule has 1 aliphatic rings. The molecule has 0 aromatic rings. The van der Waals surface area contributed by atoms with Gasteiger partial charge in [0.2, 0.25) is 0 Å². The highest BCUT2D eigenvalue weighted by molar-refractivity contribution is 4.60. The standard InChI is InChI=1S/C6H13NO/c1-5(2)4-7-6(3)8-7/h5-6H,4H2,1-3H3. The van der Waals surface area contributed by atoms with Gasteiger partial charge in [-0.25, -0.2) is 0 Å². The summed E-state index contributed by atoms with van der Waals surface area (Å²) in [6.07, 6.45) is 0.386. The second-order valence-electron chi connectivity index (χ2n) is 2.70. The molecule has 1 saturated heterocycles. The summed E-state index contributed by atoms with van der Waals surface area (Å²) in [5, 5.41) is 1.99. The zero-order valence-corrected chi connectivity index (χ0v) is 5.72. The second kappa shape index (κ2) is 2.03. The number of hydrogen-bond acceptors (Lipinski definition) is 2. The van der Waals surface area contributed by atoms with Crippen molar-refractivity contribution in [3.63, 3.8) is 0 Å². The fraction of sp³-hybridized carbons (Fsp3) is 1.00. The van der Waals surface area contributed by atoms with Crippen molar-refractivity contribution in [2.75, 3.05) is 6.54 Å². The van der Waals surface area contributed by atoms with Gasteiger partial charge in [-0.3, -0.25) is 4.84 Å². The van der Waals surface area contributed by atoms with E-state index in [1.165, 1.54) is 0 Å². The van der Waals surface area contributed by atoms with Crippen LogP contribution in [-0.4, -0.2) is 17.8 Å². The van der Waals surface area contributed by atoms with Crippen LogP contribution in [0.25, 0.3) is 0 Å². The van der Waals surface area contributed by atoms with Crippen LogP contribution in [-0.2, 0) is 4.84 Å². The average Bonchev–Trinajstić information content (AvgIpc) is 2.17. The molecule has 0 N–H and O–H groups in total. The molecule has 1 aliphatic heterocycles. The van der Waals surface area contributed by atoms with E-state index in [2.05, 4.69) is 20.8 Å². The van der Waals surface area contributed by atoms with E-state index in [9.17, 15) is 0 Å². The SMILES string of the molecule is CC(C)CN1OC1C. The van der Waals surface area contributed by atoms with E-state index in [4.69, 9.17) is 4.84 Å². The van der Waals surface area contributed by atoms with Crippen LogP contribution in [0.4, 0.5) is 0 Å². The molecule has 0 aromatic carbocycles. The van der Waals surface area contributed by atoms with Crippen LogP contribution in [0.5, 0.6) is 0 Å². The maximum atomic E-state index is 5.06. The Kier molecular flexibility index (Phi) is 1.54. The van der Waals surface area contributed by atoms with Gasteiger partial charge in [-0.15, -0.1) is 0 Å². The van der Waals surface area contributed by atoms with Gasteiger partial charge in [0.25, 0.3) is 0 Å². The lowest BCUT2D eigenvalue weighted by Crippen LogP contribution is -2.07. The molecule has 2 nitrogen and oxygen atoms in total. The first-order chi connectivity index (χ1) is 3.70. The monoisotopic (exact) mass is 115 g/mol. The molecule has 0 amide bonds. The Balaban J connectivity index is 2.05. The quantitative estimate of drug-likeness (QED) is 0.503.